The zero-order valence-electron chi connectivity index (χ0n) is 13.4. The first-order valence-corrected chi connectivity index (χ1v) is 8.16. The molecule has 0 saturated heterocycles. The van der Waals surface area contributed by atoms with Crippen molar-refractivity contribution < 1.29 is 19.1 Å². The Morgan fingerprint density at radius 2 is 1.88 bits per heavy atom. The minimum Gasteiger partial charge on any atom is -0.482 e. The van der Waals surface area contributed by atoms with Gasteiger partial charge in [-0.15, -0.1) is 0 Å². The first kappa shape index (κ1) is 18.5. The van der Waals surface area contributed by atoms with Gasteiger partial charge in [0.05, 0.1) is 11.3 Å². The van der Waals surface area contributed by atoms with E-state index in [0.717, 1.165) is 4.47 Å². The first-order chi connectivity index (χ1) is 12.0. The lowest BCUT2D eigenvalue weighted by Crippen LogP contribution is -2.31. The minimum absolute atomic E-state index is 0.311. The van der Waals surface area contributed by atoms with Gasteiger partial charge in [0, 0.05) is 4.47 Å². The molecule has 0 heterocycles. The van der Waals surface area contributed by atoms with Crippen LogP contribution in [0.2, 0.25) is 0 Å². The molecule has 2 aromatic carbocycles. The number of nitrogens with zero attached hydrogens (tertiary/aromatic N) is 1. The fourth-order valence-corrected chi connectivity index (χ4v) is 2.15. The molecular formula is C18H15BrN2O4. The fraction of sp³-hybridized carbons (Fsp3) is 0.167. The van der Waals surface area contributed by atoms with Gasteiger partial charge in [0.2, 0.25) is 0 Å². The average Bonchev–Trinajstić information content (AvgIpc) is 2.61. The van der Waals surface area contributed by atoms with E-state index < -0.39 is 18.0 Å². The summed E-state index contributed by atoms with van der Waals surface area (Å²) in [5.74, 6) is -0.681. The summed E-state index contributed by atoms with van der Waals surface area (Å²) in [6, 6.07) is 15.5. The monoisotopic (exact) mass is 402 g/mol. The minimum atomic E-state index is -1.02. The van der Waals surface area contributed by atoms with Crippen molar-refractivity contribution >= 4 is 33.5 Å². The number of carbonyl (C=O) groups is 2. The molecular weight excluding hydrogens is 388 g/mol. The number of hydrogen-bond acceptors (Lipinski definition) is 5. The molecule has 0 fully saturated rings. The summed E-state index contributed by atoms with van der Waals surface area (Å²) >= 11 is 3.30. The molecule has 6 nitrogen and oxygen atoms in total. The van der Waals surface area contributed by atoms with Crippen molar-refractivity contribution in [3.05, 3.63) is 58.6 Å². The highest BCUT2D eigenvalue weighted by Gasteiger charge is 2.19. The predicted octanol–water partition coefficient (Wildman–Crippen LogP) is 3.27. The molecule has 1 amide bonds. The van der Waals surface area contributed by atoms with Gasteiger partial charge in [-0.25, -0.2) is 4.79 Å². The van der Waals surface area contributed by atoms with E-state index in [4.69, 9.17) is 14.7 Å². The van der Waals surface area contributed by atoms with Crippen molar-refractivity contribution in [1.82, 2.24) is 0 Å². The van der Waals surface area contributed by atoms with E-state index in [9.17, 15) is 9.59 Å². The maximum atomic E-state index is 12.1. The van der Waals surface area contributed by atoms with Gasteiger partial charge in [0.1, 0.15) is 11.8 Å². The highest BCUT2D eigenvalue weighted by atomic mass is 79.9. The normalized spacial score (nSPS) is 11.1. The van der Waals surface area contributed by atoms with Gasteiger partial charge in [-0.3, -0.25) is 4.79 Å². The Balaban J connectivity index is 1.84. The Hall–Kier alpha value is -2.85. The van der Waals surface area contributed by atoms with Crippen molar-refractivity contribution in [2.24, 2.45) is 0 Å². The zero-order chi connectivity index (χ0) is 18.2. The molecule has 0 aromatic heterocycles. The van der Waals surface area contributed by atoms with E-state index in [1.54, 1.807) is 48.5 Å². The molecule has 0 unspecified atom stereocenters. The number of para-hydroxylation sites is 1. The molecule has 1 N–H and O–H groups in total. The second kappa shape index (κ2) is 8.85. The van der Waals surface area contributed by atoms with Crippen LogP contribution in [0.25, 0.3) is 0 Å². The Labute approximate surface area is 153 Å². The number of halogens is 1. The maximum absolute atomic E-state index is 12.1. The number of rotatable bonds is 6. The largest absolute Gasteiger partial charge is 0.482 e. The predicted molar refractivity (Wildman–Crippen MR) is 95.0 cm³/mol. The Kier molecular flexibility index (Phi) is 6.54. The van der Waals surface area contributed by atoms with Crippen LogP contribution >= 0.6 is 15.9 Å². The number of ether oxygens (including phenoxy) is 2. The van der Waals surface area contributed by atoms with Gasteiger partial charge in [-0.05, 0) is 43.3 Å². The quantitative estimate of drug-likeness (QED) is 0.748. The number of nitrogens with one attached hydrogen (secondary N) is 1. The molecule has 2 aromatic rings. The third kappa shape index (κ3) is 5.62. The molecule has 0 spiro atoms. The summed E-state index contributed by atoms with van der Waals surface area (Å²) in [5.41, 5.74) is 0.692. The van der Waals surface area contributed by atoms with Crippen LogP contribution in [0.4, 0.5) is 5.69 Å². The lowest BCUT2D eigenvalue weighted by atomic mass is 10.2. The second-order valence-electron chi connectivity index (χ2n) is 5.02. The van der Waals surface area contributed by atoms with Crippen molar-refractivity contribution in [2.75, 3.05) is 11.9 Å². The summed E-state index contributed by atoms with van der Waals surface area (Å²) in [6.07, 6.45) is -1.02. The Bertz CT molecular complexity index is 799. The lowest BCUT2D eigenvalue weighted by molar-refractivity contribution is -0.155. The van der Waals surface area contributed by atoms with Crippen LogP contribution in [-0.2, 0) is 14.3 Å². The van der Waals surface area contributed by atoms with Gasteiger partial charge in [0.15, 0.2) is 12.7 Å². The van der Waals surface area contributed by atoms with Crippen LogP contribution in [0.3, 0.4) is 0 Å². The third-order valence-electron chi connectivity index (χ3n) is 3.15. The van der Waals surface area contributed by atoms with Crippen molar-refractivity contribution in [2.45, 2.75) is 13.0 Å². The summed E-state index contributed by atoms with van der Waals surface area (Å²) in [6.45, 7) is 1.13. The molecule has 0 aliphatic carbocycles. The number of benzene rings is 2. The molecule has 25 heavy (non-hydrogen) atoms. The molecule has 0 bridgehead atoms. The first-order valence-electron chi connectivity index (χ1n) is 7.37. The van der Waals surface area contributed by atoms with E-state index in [2.05, 4.69) is 21.2 Å². The number of esters is 1. The number of anilines is 1. The van der Waals surface area contributed by atoms with Crippen LogP contribution < -0.4 is 10.1 Å². The molecule has 1 atom stereocenters. The molecule has 0 radical (unpaired) electrons. The topological polar surface area (TPSA) is 88.4 Å². The van der Waals surface area contributed by atoms with Gasteiger partial charge in [-0.1, -0.05) is 28.1 Å². The number of amides is 1. The van der Waals surface area contributed by atoms with Gasteiger partial charge in [-0.2, -0.15) is 5.26 Å². The summed E-state index contributed by atoms with van der Waals surface area (Å²) in [7, 11) is 0. The van der Waals surface area contributed by atoms with Gasteiger partial charge >= 0.3 is 5.97 Å². The molecule has 128 valence electrons. The van der Waals surface area contributed by atoms with Crippen LogP contribution in [-0.4, -0.2) is 24.6 Å². The van der Waals surface area contributed by atoms with Crippen LogP contribution in [0, 0.1) is 11.3 Å². The summed E-state index contributed by atoms with van der Waals surface area (Å²) in [4.78, 5) is 23.9. The van der Waals surface area contributed by atoms with E-state index in [-0.39, 0.29) is 6.61 Å². The maximum Gasteiger partial charge on any atom is 0.344 e. The molecule has 7 heteroatoms. The van der Waals surface area contributed by atoms with Crippen molar-refractivity contribution in [3.63, 3.8) is 0 Å². The molecule has 0 saturated carbocycles. The smallest absolute Gasteiger partial charge is 0.344 e. The van der Waals surface area contributed by atoms with E-state index in [1.807, 2.05) is 6.07 Å². The average molecular weight is 403 g/mol. The summed E-state index contributed by atoms with van der Waals surface area (Å²) < 4.78 is 11.2. The van der Waals surface area contributed by atoms with Crippen molar-refractivity contribution in [3.8, 4) is 11.8 Å². The highest BCUT2D eigenvalue weighted by Crippen LogP contribution is 2.16. The number of carbonyl (C=O) groups excluding carboxylic acids is 2. The van der Waals surface area contributed by atoms with Crippen molar-refractivity contribution in [1.29, 1.82) is 5.26 Å². The number of nitriles is 1. The van der Waals surface area contributed by atoms with E-state index >= 15 is 0 Å². The van der Waals surface area contributed by atoms with E-state index in [1.165, 1.54) is 6.92 Å². The fourth-order valence-electron chi connectivity index (χ4n) is 1.88. The van der Waals surface area contributed by atoms with Crippen LogP contribution in [0.1, 0.15) is 12.5 Å². The Morgan fingerprint density at radius 3 is 2.56 bits per heavy atom. The van der Waals surface area contributed by atoms with E-state index in [0.29, 0.717) is 17.0 Å². The Morgan fingerprint density at radius 1 is 1.20 bits per heavy atom. The highest BCUT2D eigenvalue weighted by molar-refractivity contribution is 9.10. The lowest BCUT2D eigenvalue weighted by Gasteiger charge is -2.14. The third-order valence-corrected chi connectivity index (χ3v) is 3.68. The van der Waals surface area contributed by atoms with Gasteiger partial charge < -0.3 is 14.8 Å². The zero-order valence-corrected chi connectivity index (χ0v) is 14.9. The molecule has 2 rings (SSSR count). The van der Waals surface area contributed by atoms with Crippen LogP contribution in [0.5, 0.6) is 5.75 Å². The molecule has 0 aliphatic rings. The van der Waals surface area contributed by atoms with Crippen LogP contribution in [0.15, 0.2) is 53.0 Å². The number of hydrogen-bond donors (Lipinski definition) is 1. The molecule has 0 aliphatic heterocycles. The van der Waals surface area contributed by atoms with Gasteiger partial charge in [0.25, 0.3) is 5.91 Å². The SMILES string of the molecule is C[C@@H](OC(=O)COc1ccc(Br)cc1)C(=O)Nc1ccccc1C#N. The standard InChI is InChI=1S/C18H15BrN2O4/c1-12(18(23)21-16-5-3-2-4-13(16)10-20)25-17(22)11-24-15-8-6-14(19)7-9-15/h2-9,12H,11H2,1H3,(H,21,23)/t12-/m1/s1. The summed E-state index contributed by atoms with van der Waals surface area (Å²) in [5, 5.41) is 11.6. The second-order valence-corrected chi connectivity index (χ2v) is 5.94.